The number of hydrogen-bond donors (Lipinski definition) is 0. The fraction of sp³-hybridized carbons (Fsp3) is 0.200. The van der Waals surface area contributed by atoms with Gasteiger partial charge in [-0.25, -0.2) is 4.39 Å². The minimum atomic E-state index is -0.356. The van der Waals surface area contributed by atoms with E-state index < -0.39 is 0 Å². The van der Waals surface area contributed by atoms with Gasteiger partial charge in [-0.1, -0.05) is 47.1 Å². The molecule has 0 radical (unpaired) electrons. The van der Waals surface area contributed by atoms with Gasteiger partial charge in [-0.15, -0.1) is 16.8 Å². The summed E-state index contributed by atoms with van der Waals surface area (Å²) in [6.45, 7) is 6.54. The lowest BCUT2D eigenvalue weighted by atomic mass is 10.2. The second-order valence-corrected chi connectivity index (χ2v) is 7.81. The van der Waals surface area contributed by atoms with Crippen LogP contribution in [0.15, 0.2) is 54.2 Å². The summed E-state index contributed by atoms with van der Waals surface area (Å²) < 4.78 is 21.0. The van der Waals surface area contributed by atoms with Crippen molar-refractivity contribution in [3.05, 3.63) is 81.9 Å². The Labute approximate surface area is 177 Å². The summed E-state index contributed by atoms with van der Waals surface area (Å²) in [5, 5.41) is 10.3. The molecule has 0 saturated carbocycles. The molecule has 0 aliphatic carbocycles. The van der Waals surface area contributed by atoms with Crippen molar-refractivity contribution in [2.75, 3.05) is 0 Å². The molecule has 0 amide bonds. The van der Waals surface area contributed by atoms with E-state index in [1.54, 1.807) is 18.2 Å². The fourth-order valence-electron chi connectivity index (χ4n) is 2.54. The zero-order valence-electron chi connectivity index (χ0n) is 15.2. The van der Waals surface area contributed by atoms with E-state index in [4.69, 9.17) is 27.9 Å². The van der Waals surface area contributed by atoms with Crippen molar-refractivity contribution in [3.63, 3.8) is 0 Å². The van der Waals surface area contributed by atoms with E-state index in [-0.39, 0.29) is 12.4 Å². The lowest BCUT2D eigenvalue weighted by Crippen LogP contribution is -2.08. The molecule has 8 heteroatoms. The average molecular weight is 438 g/mol. The van der Waals surface area contributed by atoms with E-state index in [0.29, 0.717) is 33.3 Å². The Morgan fingerprint density at radius 2 is 2.04 bits per heavy atom. The van der Waals surface area contributed by atoms with Crippen LogP contribution < -0.4 is 4.74 Å². The summed E-state index contributed by atoms with van der Waals surface area (Å²) in [7, 11) is 0. The van der Waals surface area contributed by atoms with Crippen LogP contribution in [-0.4, -0.2) is 14.8 Å². The monoisotopic (exact) mass is 437 g/mol. The van der Waals surface area contributed by atoms with Crippen LogP contribution in [0, 0.1) is 12.7 Å². The number of aromatic nitrogens is 3. The molecule has 4 nitrogen and oxygen atoms in total. The van der Waals surface area contributed by atoms with E-state index in [1.165, 1.54) is 23.9 Å². The van der Waals surface area contributed by atoms with Gasteiger partial charge in [-0.3, -0.25) is 4.57 Å². The zero-order valence-corrected chi connectivity index (χ0v) is 17.5. The number of allylic oxidation sites excluding steroid dienone is 1. The van der Waals surface area contributed by atoms with Crippen LogP contribution in [0.4, 0.5) is 4.39 Å². The number of aryl methyl sites for hydroxylation is 1. The van der Waals surface area contributed by atoms with Crippen LogP contribution in [0.25, 0.3) is 0 Å². The van der Waals surface area contributed by atoms with Crippen molar-refractivity contribution in [3.8, 4) is 5.75 Å². The van der Waals surface area contributed by atoms with Gasteiger partial charge < -0.3 is 4.74 Å². The highest BCUT2D eigenvalue weighted by Crippen LogP contribution is 2.27. The SMILES string of the molecule is C=CCn1c(COc2ccc(Cl)cc2C)nnc1SCc1ccc(F)cc1Cl. The topological polar surface area (TPSA) is 39.9 Å². The Morgan fingerprint density at radius 1 is 1.21 bits per heavy atom. The van der Waals surface area contributed by atoms with Crippen molar-refractivity contribution in [1.29, 1.82) is 0 Å². The number of halogens is 3. The highest BCUT2D eigenvalue weighted by molar-refractivity contribution is 7.98. The van der Waals surface area contributed by atoms with Crippen LogP contribution in [0.3, 0.4) is 0 Å². The van der Waals surface area contributed by atoms with Crippen LogP contribution in [0.2, 0.25) is 10.0 Å². The highest BCUT2D eigenvalue weighted by Gasteiger charge is 2.14. The molecule has 3 aromatic rings. The molecule has 1 aromatic heterocycles. The predicted octanol–water partition coefficient (Wildman–Crippen LogP) is 6.09. The number of hydrogen-bond acceptors (Lipinski definition) is 4. The first-order valence-electron chi connectivity index (χ1n) is 8.46. The Bertz CT molecular complexity index is 921. The summed E-state index contributed by atoms with van der Waals surface area (Å²) in [5.41, 5.74) is 1.78. The normalized spacial score (nSPS) is 10.9. The van der Waals surface area contributed by atoms with Gasteiger partial charge in [0.1, 0.15) is 18.2 Å². The van der Waals surface area contributed by atoms with Gasteiger partial charge in [0.15, 0.2) is 11.0 Å². The molecule has 0 atom stereocenters. The maximum atomic E-state index is 13.2. The van der Waals surface area contributed by atoms with Gasteiger partial charge in [0.25, 0.3) is 0 Å². The number of thioether (sulfide) groups is 1. The van der Waals surface area contributed by atoms with Gasteiger partial charge in [0.05, 0.1) is 0 Å². The third kappa shape index (κ3) is 5.07. The highest BCUT2D eigenvalue weighted by atomic mass is 35.5. The first-order chi connectivity index (χ1) is 13.5. The predicted molar refractivity (Wildman–Crippen MR) is 112 cm³/mol. The summed E-state index contributed by atoms with van der Waals surface area (Å²) in [4.78, 5) is 0. The van der Waals surface area contributed by atoms with Crippen LogP contribution in [0.5, 0.6) is 5.75 Å². The van der Waals surface area contributed by atoms with Gasteiger partial charge in [0.2, 0.25) is 0 Å². The first kappa shape index (κ1) is 20.7. The smallest absolute Gasteiger partial charge is 0.191 e. The molecular formula is C20H18Cl2FN3OS. The van der Waals surface area contributed by atoms with Crippen molar-refractivity contribution < 1.29 is 9.13 Å². The molecule has 0 fully saturated rings. The van der Waals surface area contributed by atoms with E-state index in [0.717, 1.165) is 16.9 Å². The molecule has 0 aliphatic heterocycles. The molecule has 146 valence electrons. The Morgan fingerprint density at radius 3 is 2.75 bits per heavy atom. The molecule has 1 heterocycles. The van der Waals surface area contributed by atoms with Gasteiger partial charge in [-0.2, -0.15) is 0 Å². The molecule has 0 N–H and O–H groups in total. The van der Waals surface area contributed by atoms with Crippen molar-refractivity contribution in [2.24, 2.45) is 0 Å². The Kier molecular flexibility index (Phi) is 6.99. The van der Waals surface area contributed by atoms with Crippen molar-refractivity contribution >= 4 is 35.0 Å². The molecule has 0 saturated heterocycles. The van der Waals surface area contributed by atoms with Gasteiger partial charge in [-0.05, 0) is 48.4 Å². The number of benzene rings is 2. The maximum Gasteiger partial charge on any atom is 0.191 e. The minimum Gasteiger partial charge on any atom is -0.485 e. The van der Waals surface area contributed by atoms with Crippen LogP contribution in [-0.2, 0) is 18.9 Å². The number of ether oxygens (including phenoxy) is 1. The standard InChI is InChI=1S/C20H18Cl2FN3OS/c1-3-8-26-19(11-27-18-7-5-15(21)9-13(18)2)24-25-20(26)28-12-14-4-6-16(23)10-17(14)22/h3-7,9-10H,1,8,11-12H2,2H3. The van der Waals surface area contributed by atoms with Crippen LogP contribution >= 0.6 is 35.0 Å². The minimum absolute atomic E-state index is 0.265. The third-order valence-corrected chi connectivity index (χ3v) is 5.57. The van der Waals surface area contributed by atoms with Crippen molar-refractivity contribution in [1.82, 2.24) is 14.8 Å². The molecule has 3 rings (SSSR count). The molecule has 28 heavy (non-hydrogen) atoms. The zero-order chi connectivity index (χ0) is 20.1. The Balaban J connectivity index is 1.72. The summed E-state index contributed by atoms with van der Waals surface area (Å²) in [5.74, 6) is 1.61. The van der Waals surface area contributed by atoms with E-state index in [1.807, 2.05) is 23.6 Å². The van der Waals surface area contributed by atoms with Crippen LogP contribution in [0.1, 0.15) is 17.0 Å². The van der Waals surface area contributed by atoms with Gasteiger partial charge >= 0.3 is 0 Å². The average Bonchev–Trinajstić information content (AvgIpc) is 3.02. The molecule has 0 bridgehead atoms. The second kappa shape index (κ2) is 9.45. The van der Waals surface area contributed by atoms with Gasteiger partial charge in [0, 0.05) is 22.3 Å². The molecule has 2 aromatic carbocycles. The lowest BCUT2D eigenvalue weighted by Gasteiger charge is -2.11. The Hall–Kier alpha value is -2.02. The van der Waals surface area contributed by atoms with E-state index in [9.17, 15) is 4.39 Å². The molecule has 0 aliphatic rings. The molecule has 0 spiro atoms. The quantitative estimate of drug-likeness (QED) is 0.315. The third-order valence-electron chi connectivity index (χ3n) is 3.97. The van der Waals surface area contributed by atoms with E-state index >= 15 is 0 Å². The molecular weight excluding hydrogens is 420 g/mol. The summed E-state index contributed by atoms with van der Waals surface area (Å²) >= 11 is 13.6. The summed E-state index contributed by atoms with van der Waals surface area (Å²) in [6.07, 6.45) is 1.77. The second-order valence-electron chi connectivity index (χ2n) is 6.02. The largest absolute Gasteiger partial charge is 0.485 e. The number of rotatable bonds is 8. The van der Waals surface area contributed by atoms with E-state index in [2.05, 4.69) is 16.8 Å². The van der Waals surface area contributed by atoms with Crippen molar-refractivity contribution in [2.45, 2.75) is 31.0 Å². The lowest BCUT2D eigenvalue weighted by molar-refractivity contribution is 0.287. The number of nitrogens with zero attached hydrogens (tertiary/aromatic N) is 3. The molecule has 0 unspecified atom stereocenters. The first-order valence-corrected chi connectivity index (χ1v) is 10.2. The fourth-order valence-corrected chi connectivity index (χ4v) is 4.05. The summed E-state index contributed by atoms with van der Waals surface area (Å²) in [6, 6.07) is 9.83. The maximum absolute atomic E-state index is 13.2.